The Morgan fingerprint density at radius 3 is 1.13 bits per heavy atom. The number of carbonyl (C=O) groups excluding carboxylic acids is 3. The van der Waals surface area contributed by atoms with Gasteiger partial charge in [0.15, 0.2) is 6.10 Å². The molecule has 0 N–H and O–H groups in total. The van der Waals surface area contributed by atoms with Gasteiger partial charge in [-0.05, 0) is 32.3 Å². The van der Waals surface area contributed by atoms with Crippen LogP contribution in [-0.2, 0) is 51.5 Å². The SMILES string of the molecule is CCCCCCCCCCCCCCCCC(=O)O[C@@H]1[C@@H](COP(=O)(OC(C)(C)OC(=O)CCCCCCCCCCCCCCCC)OC(C)(C)OC(=O)CCCCCCCCCCCCCCCC)O[C@@H](n2ccc(C)nc2=O)C1(F)F. The molecular formula is C67H121F2N2O12P. The number of esters is 3. The highest BCUT2D eigenvalue weighted by Crippen LogP contribution is 2.57. The van der Waals surface area contributed by atoms with Crippen molar-refractivity contribution in [1.29, 1.82) is 0 Å². The molecule has 1 aromatic rings. The molecule has 17 heteroatoms. The van der Waals surface area contributed by atoms with Gasteiger partial charge in [0.25, 0.3) is 0 Å². The minimum absolute atomic E-state index is 0.0607. The monoisotopic (exact) mass is 1210 g/mol. The van der Waals surface area contributed by atoms with Crippen LogP contribution in [0.1, 0.15) is 349 Å². The molecule has 0 unspecified atom stereocenters. The Hall–Kier alpha value is -2.78. The molecule has 2 heterocycles. The third-order valence-corrected chi connectivity index (χ3v) is 17.6. The first kappa shape index (κ1) is 77.3. The summed E-state index contributed by atoms with van der Waals surface area (Å²) >= 11 is 0. The maximum Gasteiger partial charge on any atom is 0.481 e. The molecule has 1 aromatic heterocycles. The molecule has 1 fully saturated rings. The normalized spacial score (nSPS) is 16.3. The van der Waals surface area contributed by atoms with Gasteiger partial charge in [-0.3, -0.25) is 23.5 Å². The van der Waals surface area contributed by atoms with Gasteiger partial charge in [0.1, 0.15) is 6.10 Å². The molecule has 0 bridgehead atoms. The number of phosphoric ester groups is 1. The lowest BCUT2D eigenvalue weighted by Crippen LogP contribution is -2.44. The van der Waals surface area contributed by atoms with Crippen LogP contribution in [0.5, 0.6) is 0 Å². The van der Waals surface area contributed by atoms with Gasteiger partial charge in [-0.25, -0.2) is 18.4 Å². The summed E-state index contributed by atoms with van der Waals surface area (Å²) in [4.78, 5) is 56.8. The Bertz CT molecular complexity index is 1900. The van der Waals surface area contributed by atoms with Gasteiger partial charge in [-0.15, -0.1) is 0 Å². The van der Waals surface area contributed by atoms with Gasteiger partial charge in [-0.1, -0.05) is 271 Å². The number of ether oxygens (including phenoxy) is 4. The van der Waals surface area contributed by atoms with Crippen molar-refractivity contribution in [3.63, 3.8) is 0 Å². The lowest BCUT2D eigenvalue weighted by atomic mass is 10.0. The highest BCUT2D eigenvalue weighted by molar-refractivity contribution is 7.48. The van der Waals surface area contributed by atoms with Gasteiger partial charge in [0, 0.05) is 58.8 Å². The second-order valence-electron chi connectivity index (χ2n) is 25.1. The summed E-state index contributed by atoms with van der Waals surface area (Å²) in [6.45, 7) is 12.6. The van der Waals surface area contributed by atoms with E-state index in [-0.39, 0.29) is 25.0 Å². The summed E-state index contributed by atoms with van der Waals surface area (Å²) in [6.07, 6.45) is 42.4. The Morgan fingerprint density at radius 2 is 0.821 bits per heavy atom. The van der Waals surface area contributed by atoms with E-state index in [2.05, 4.69) is 25.8 Å². The minimum atomic E-state index is -5.11. The molecule has 1 saturated heterocycles. The second-order valence-corrected chi connectivity index (χ2v) is 26.6. The van der Waals surface area contributed by atoms with Crippen molar-refractivity contribution < 1.29 is 60.2 Å². The number of nitrogens with zero attached hydrogens (tertiary/aromatic N) is 2. The third-order valence-electron chi connectivity index (χ3n) is 15.8. The van der Waals surface area contributed by atoms with Gasteiger partial charge in [0.2, 0.25) is 17.8 Å². The van der Waals surface area contributed by atoms with Crippen LogP contribution in [0.3, 0.4) is 0 Å². The van der Waals surface area contributed by atoms with E-state index in [4.69, 9.17) is 32.5 Å². The van der Waals surface area contributed by atoms with Crippen LogP contribution in [0.2, 0.25) is 0 Å². The summed E-state index contributed by atoms with van der Waals surface area (Å²) in [5.74, 6) is -10.1. The largest absolute Gasteiger partial charge is 0.481 e. The van der Waals surface area contributed by atoms with Crippen LogP contribution in [0.25, 0.3) is 0 Å². The maximum absolute atomic E-state index is 16.7. The van der Waals surface area contributed by atoms with Crippen LogP contribution in [0.4, 0.5) is 8.78 Å². The first-order valence-corrected chi connectivity index (χ1v) is 35.6. The highest BCUT2D eigenvalue weighted by atomic mass is 31.2. The molecule has 2 rings (SSSR count). The van der Waals surface area contributed by atoms with Gasteiger partial charge >= 0.3 is 37.3 Å². The number of hydrogen-bond acceptors (Lipinski definition) is 13. The van der Waals surface area contributed by atoms with Crippen molar-refractivity contribution in [1.82, 2.24) is 9.55 Å². The van der Waals surface area contributed by atoms with Crippen molar-refractivity contribution in [2.75, 3.05) is 6.61 Å². The molecule has 0 aromatic carbocycles. The topological polar surface area (TPSA) is 168 Å². The first-order chi connectivity index (χ1) is 40.3. The summed E-state index contributed by atoms with van der Waals surface area (Å²) in [5.41, 5.74) is -0.740. The van der Waals surface area contributed by atoms with Crippen molar-refractivity contribution >= 4 is 25.7 Å². The quantitative estimate of drug-likeness (QED) is 0.0199. The fraction of sp³-hybridized carbons (Fsp3) is 0.896. The smallest absolute Gasteiger partial charge is 0.453 e. The average molecular weight is 1220 g/mol. The number of hydrogen-bond donors (Lipinski definition) is 0. The molecule has 490 valence electrons. The van der Waals surface area contributed by atoms with Gasteiger partial charge in [-0.2, -0.15) is 13.8 Å². The predicted molar refractivity (Wildman–Crippen MR) is 333 cm³/mol. The predicted octanol–water partition coefficient (Wildman–Crippen LogP) is 20.3. The lowest BCUT2D eigenvalue weighted by Gasteiger charge is -2.34. The van der Waals surface area contributed by atoms with E-state index in [1.165, 1.54) is 208 Å². The Morgan fingerprint density at radius 1 is 0.524 bits per heavy atom. The molecule has 3 atom stereocenters. The summed E-state index contributed by atoms with van der Waals surface area (Å²) in [5, 5.41) is 0. The van der Waals surface area contributed by atoms with E-state index >= 15 is 8.78 Å². The van der Waals surface area contributed by atoms with Gasteiger partial charge < -0.3 is 18.9 Å². The average Bonchev–Trinajstić information content (AvgIpc) is 2.46. The van der Waals surface area contributed by atoms with Crippen LogP contribution in [0.15, 0.2) is 17.1 Å². The first-order valence-electron chi connectivity index (χ1n) is 34.2. The number of alkyl halides is 2. The van der Waals surface area contributed by atoms with Crippen molar-refractivity contribution in [3.05, 3.63) is 28.4 Å². The fourth-order valence-corrected chi connectivity index (χ4v) is 12.6. The zero-order chi connectivity index (χ0) is 61.8. The van der Waals surface area contributed by atoms with E-state index in [9.17, 15) is 23.7 Å². The van der Waals surface area contributed by atoms with Crippen molar-refractivity contribution in [2.24, 2.45) is 0 Å². The van der Waals surface area contributed by atoms with E-state index in [1.807, 2.05) is 0 Å². The van der Waals surface area contributed by atoms with Crippen LogP contribution in [-0.4, -0.2) is 63.8 Å². The molecule has 1 aliphatic heterocycles. The molecular weight excluding hydrogens is 1090 g/mol. The number of aromatic nitrogens is 2. The maximum atomic E-state index is 16.7. The Kier molecular flexibility index (Phi) is 42.7. The van der Waals surface area contributed by atoms with Gasteiger partial charge in [0.05, 0.1) is 6.61 Å². The van der Waals surface area contributed by atoms with E-state index in [0.717, 1.165) is 83.2 Å². The molecule has 14 nitrogen and oxygen atoms in total. The van der Waals surface area contributed by atoms with Crippen LogP contribution >= 0.6 is 7.82 Å². The number of phosphoric acid groups is 1. The number of rotatable bonds is 56. The minimum Gasteiger partial charge on any atom is -0.453 e. The second kappa shape index (κ2) is 46.4. The van der Waals surface area contributed by atoms with Crippen LogP contribution in [0, 0.1) is 6.92 Å². The molecule has 1 aliphatic rings. The molecule has 0 radical (unpaired) electrons. The Labute approximate surface area is 508 Å². The molecule has 84 heavy (non-hydrogen) atoms. The number of halogens is 2. The zero-order valence-electron chi connectivity index (χ0n) is 54.4. The summed E-state index contributed by atoms with van der Waals surface area (Å²) < 4.78 is 89.3. The fourth-order valence-electron chi connectivity index (χ4n) is 11.0. The number of carbonyl (C=O) groups is 3. The van der Waals surface area contributed by atoms with Crippen LogP contribution < -0.4 is 5.69 Å². The zero-order valence-corrected chi connectivity index (χ0v) is 55.3. The number of aryl methyl sites for hydroxylation is 1. The standard InChI is InChI=1S/C67H121F2N2O12P/c1-9-12-15-18-21-24-27-30-33-36-39-42-45-48-51-59(72)79-62-58(78-63(67(62,68)69)71-55-54-57(4)70-64(71)75)56-77-84(76,82-65(5,6)80-60(73)52-49-46-43-40-37-34-31-28-25-22-19-16-13-10-2)83-66(7,8)81-61(74)53-50-47-44-41-38-35-32-29-26-23-20-17-14-11-3/h54-55,58,62-63H,9-53,56H2,1-8H3/t58-,62-,63-/m1/s1. The molecule has 0 amide bonds. The summed E-state index contributed by atoms with van der Waals surface area (Å²) in [6, 6.07) is 1.36. The molecule has 0 saturated carbocycles. The van der Waals surface area contributed by atoms with E-state index in [1.54, 1.807) is 0 Å². The highest BCUT2D eigenvalue weighted by Gasteiger charge is 2.63. The van der Waals surface area contributed by atoms with Crippen molar-refractivity contribution in [2.45, 2.75) is 380 Å². The summed E-state index contributed by atoms with van der Waals surface area (Å²) in [7, 11) is -5.11. The lowest BCUT2D eigenvalue weighted by molar-refractivity contribution is -0.209. The third kappa shape index (κ3) is 37.2. The Balaban J connectivity index is 2.12. The van der Waals surface area contributed by atoms with E-state index in [0.29, 0.717) is 30.3 Å². The van der Waals surface area contributed by atoms with Crippen molar-refractivity contribution in [3.8, 4) is 0 Å². The molecule has 0 aliphatic carbocycles. The number of unbranched alkanes of at least 4 members (excludes halogenated alkanes) is 39. The molecule has 0 spiro atoms. The van der Waals surface area contributed by atoms with E-state index < -0.39 is 74.0 Å².